The highest BCUT2D eigenvalue weighted by atomic mass is 32.1. The van der Waals surface area contributed by atoms with Gasteiger partial charge in [0.25, 0.3) is 5.91 Å². The monoisotopic (exact) mass is 413 g/mol. The zero-order valence-electron chi connectivity index (χ0n) is 17.2. The third-order valence-electron chi connectivity index (χ3n) is 4.33. The molecule has 0 unspecified atom stereocenters. The van der Waals surface area contributed by atoms with Gasteiger partial charge in [-0.15, -0.1) is 0 Å². The van der Waals surface area contributed by atoms with Crippen LogP contribution in [-0.2, 0) is 16.0 Å². The molecule has 7 heteroatoms. The lowest BCUT2D eigenvalue weighted by Crippen LogP contribution is -2.50. The zero-order chi connectivity index (χ0) is 21.4. The first-order valence-electron chi connectivity index (χ1n) is 9.42. The molecule has 0 aromatic heterocycles. The van der Waals surface area contributed by atoms with E-state index in [1.54, 1.807) is 0 Å². The van der Waals surface area contributed by atoms with E-state index in [4.69, 9.17) is 17.0 Å². The van der Waals surface area contributed by atoms with E-state index in [1.165, 1.54) is 0 Å². The van der Waals surface area contributed by atoms with Gasteiger partial charge in [0.1, 0.15) is 5.75 Å². The summed E-state index contributed by atoms with van der Waals surface area (Å²) in [4.78, 5) is 24.1. The van der Waals surface area contributed by atoms with Crippen molar-refractivity contribution in [3.05, 3.63) is 64.7 Å². The highest BCUT2D eigenvalue weighted by molar-refractivity contribution is 7.80. The van der Waals surface area contributed by atoms with E-state index in [1.807, 2.05) is 56.3 Å². The highest BCUT2D eigenvalue weighted by Crippen LogP contribution is 2.27. The minimum absolute atomic E-state index is 0.0235. The van der Waals surface area contributed by atoms with E-state index in [0.717, 1.165) is 22.3 Å². The smallest absolute Gasteiger partial charge is 0.276 e. The van der Waals surface area contributed by atoms with E-state index in [9.17, 15) is 9.59 Å². The lowest BCUT2D eigenvalue weighted by Gasteiger charge is -2.15. The van der Waals surface area contributed by atoms with Crippen LogP contribution in [0.3, 0.4) is 0 Å². The molecule has 3 N–H and O–H groups in total. The molecule has 0 fully saturated rings. The van der Waals surface area contributed by atoms with Gasteiger partial charge in [-0.3, -0.25) is 20.4 Å². The predicted molar refractivity (Wildman–Crippen MR) is 118 cm³/mol. The average Bonchev–Trinajstić information content (AvgIpc) is 2.66. The topological polar surface area (TPSA) is 79.5 Å². The third kappa shape index (κ3) is 7.19. The lowest BCUT2D eigenvalue weighted by molar-refractivity contribution is -0.124. The Morgan fingerprint density at radius 2 is 1.76 bits per heavy atom. The second-order valence-corrected chi connectivity index (χ2v) is 7.55. The van der Waals surface area contributed by atoms with E-state index >= 15 is 0 Å². The van der Waals surface area contributed by atoms with Gasteiger partial charge in [-0.1, -0.05) is 50.2 Å². The molecule has 0 heterocycles. The fourth-order valence-electron chi connectivity index (χ4n) is 2.73. The molecule has 0 saturated heterocycles. The van der Waals surface area contributed by atoms with Crippen molar-refractivity contribution in [2.45, 2.75) is 40.0 Å². The molecule has 0 radical (unpaired) electrons. The number of carbonyl (C=O) groups excluding carboxylic acids is 2. The third-order valence-corrected chi connectivity index (χ3v) is 4.53. The number of rotatable bonds is 6. The van der Waals surface area contributed by atoms with Crippen molar-refractivity contribution in [1.82, 2.24) is 16.2 Å². The van der Waals surface area contributed by atoms with E-state index in [0.29, 0.717) is 5.75 Å². The van der Waals surface area contributed by atoms with Crippen LogP contribution < -0.4 is 20.9 Å². The Morgan fingerprint density at radius 1 is 1.03 bits per heavy atom. The Kier molecular flexibility index (Phi) is 8.15. The van der Waals surface area contributed by atoms with Gasteiger partial charge in [-0.25, -0.2) is 0 Å². The van der Waals surface area contributed by atoms with Crippen molar-refractivity contribution in [1.29, 1.82) is 0 Å². The van der Waals surface area contributed by atoms with Crippen molar-refractivity contribution in [3.8, 4) is 5.75 Å². The highest BCUT2D eigenvalue weighted by Gasteiger charge is 2.11. The maximum Gasteiger partial charge on any atom is 0.276 e. The molecule has 6 nitrogen and oxygen atoms in total. The zero-order valence-corrected chi connectivity index (χ0v) is 18.0. The van der Waals surface area contributed by atoms with Gasteiger partial charge in [0, 0.05) is 0 Å². The summed E-state index contributed by atoms with van der Waals surface area (Å²) in [5.74, 6) is 0.299. The molecule has 2 rings (SSSR count). The lowest BCUT2D eigenvalue weighted by atomic mass is 10.0. The molecule has 0 aliphatic heterocycles. The number of carbonyl (C=O) groups is 2. The Bertz CT molecular complexity index is 897. The van der Waals surface area contributed by atoms with Crippen LogP contribution in [-0.4, -0.2) is 23.5 Å². The largest absolute Gasteiger partial charge is 0.483 e. The van der Waals surface area contributed by atoms with Crippen molar-refractivity contribution < 1.29 is 14.3 Å². The van der Waals surface area contributed by atoms with Crippen LogP contribution in [0.25, 0.3) is 0 Å². The van der Waals surface area contributed by atoms with Crippen molar-refractivity contribution in [2.75, 3.05) is 6.61 Å². The molecule has 0 atom stereocenters. The van der Waals surface area contributed by atoms with Crippen LogP contribution >= 0.6 is 12.2 Å². The number of benzene rings is 2. The number of hydrogen-bond acceptors (Lipinski definition) is 4. The first-order valence-corrected chi connectivity index (χ1v) is 9.83. The van der Waals surface area contributed by atoms with Gasteiger partial charge in [0.05, 0.1) is 6.42 Å². The van der Waals surface area contributed by atoms with Gasteiger partial charge in [0.15, 0.2) is 11.7 Å². The Labute approximate surface area is 177 Å². The van der Waals surface area contributed by atoms with Gasteiger partial charge >= 0.3 is 0 Å². The number of aryl methyl sites for hydroxylation is 2. The van der Waals surface area contributed by atoms with Crippen molar-refractivity contribution in [3.63, 3.8) is 0 Å². The number of thiocarbonyl (C=S) groups is 1. The van der Waals surface area contributed by atoms with Gasteiger partial charge in [-0.05, 0) is 60.3 Å². The fourth-order valence-corrected chi connectivity index (χ4v) is 2.90. The van der Waals surface area contributed by atoms with Crippen LogP contribution in [0.2, 0.25) is 0 Å². The van der Waals surface area contributed by atoms with Crippen LogP contribution in [0.4, 0.5) is 0 Å². The predicted octanol–water partition coefficient (Wildman–Crippen LogP) is 3.07. The fraction of sp³-hybridized carbons (Fsp3) is 0.318. The molecule has 2 aromatic rings. The Balaban J connectivity index is 1.78. The Morgan fingerprint density at radius 3 is 2.45 bits per heavy atom. The van der Waals surface area contributed by atoms with Gasteiger partial charge in [0.2, 0.25) is 5.91 Å². The van der Waals surface area contributed by atoms with Crippen LogP contribution in [0.5, 0.6) is 5.75 Å². The first-order chi connectivity index (χ1) is 13.8. The average molecular weight is 414 g/mol. The van der Waals surface area contributed by atoms with Crippen molar-refractivity contribution >= 4 is 29.1 Å². The first kappa shape index (κ1) is 22.4. The van der Waals surface area contributed by atoms with E-state index in [2.05, 4.69) is 30.0 Å². The summed E-state index contributed by atoms with van der Waals surface area (Å²) in [6, 6.07) is 13.6. The molecule has 0 bridgehead atoms. The van der Waals surface area contributed by atoms with Crippen LogP contribution in [0, 0.1) is 13.8 Å². The van der Waals surface area contributed by atoms with Crippen molar-refractivity contribution in [2.24, 2.45) is 0 Å². The van der Waals surface area contributed by atoms with E-state index < -0.39 is 5.91 Å². The van der Waals surface area contributed by atoms with Crippen LogP contribution in [0.15, 0.2) is 42.5 Å². The van der Waals surface area contributed by atoms with Gasteiger partial charge in [-0.2, -0.15) is 0 Å². The molecule has 0 aliphatic rings. The maximum absolute atomic E-state index is 12.1. The summed E-state index contributed by atoms with van der Waals surface area (Å²) in [5.41, 5.74) is 8.99. The number of hydrazine groups is 1. The molecule has 29 heavy (non-hydrogen) atoms. The molecule has 2 aromatic carbocycles. The molecule has 0 spiro atoms. The molecule has 154 valence electrons. The number of nitrogens with one attached hydrogen (secondary N) is 3. The Hall–Kier alpha value is -2.93. The number of amides is 2. The molecular weight excluding hydrogens is 386 g/mol. The standard InChI is InChI=1S/C22H27N3O3S/c1-14(2)18-10-9-15(3)11-19(18)28-13-21(27)24-25-22(29)23-20(26)12-17-8-6-5-7-16(17)4/h5-11,14H,12-13H2,1-4H3,(H,24,27)(H2,23,25,26,29). The summed E-state index contributed by atoms with van der Waals surface area (Å²) >= 11 is 5.05. The summed E-state index contributed by atoms with van der Waals surface area (Å²) in [6.45, 7) is 7.87. The summed E-state index contributed by atoms with van der Waals surface area (Å²) in [7, 11) is 0. The molecule has 2 amide bonds. The van der Waals surface area contributed by atoms with E-state index in [-0.39, 0.29) is 30.0 Å². The van der Waals surface area contributed by atoms with Crippen LogP contribution in [0.1, 0.15) is 42.0 Å². The molecular formula is C22H27N3O3S. The normalized spacial score (nSPS) is 10.4. The number of ether oxygens (including phenoxy) is 1. The summed E-state index contributed by atoms with van der Waals surface area (Å²) < 4.78 is 5.66. The maximum atomic E-state index is 12.1. The SMILES string of the molecule is Cc1ccc(C(C)C)c(OCC(=O)NNC(=S)NC(=O)Cc2ccccc2C)c1. The second kappa shape index (κ2) is 10.6. The molecule has 0 saturated carbocycles. The quantitative estimate of drug-likeness (QED) is 0.501. The minimum Gasteiger partial charge on any atom is -0.483 e. The molecule has 0 aliphatic carbocycles. The minimum atomic E-state index is -0.406. The second-order valence-electron chi connectivity index (χ2n) is 7.14. The van der Waals surface area contributed by atoms with Gasteiger partial charge < -0.3 is 10.1 Å². The summed E-state index contributed by atoms with van der Waals surface area (Å²) in [6.07, 6.45) is 0.205. The number of hydrogen-bond donors (Lipinski definition) is 3. The summed E-state index contributed by atoms with van der Waals surface area (Å²) in [5, 5.41) is 2.57.